The van der Waals surface area contributed by atoms with Crippen LogP contribution in [0.1, 0.15) is 30.9 Å². The van der Waals surface area contributed by atoms with Gasteiger partial charge in [-0.05, 0) is 41.8 Å². The summed E-state index contributed by atoms with van der Waals surface area (Å²) in [4.78, 5) is 13.5. The number of hydrogen-bond acceptors (Lipinski definition) is 5. The lowest BCUT2D eigenvalue weighted by molar-refractivity contribution is 0.297. The van der Waals surface area contributed by atoms with Crippen LogP contribution in [-0.2, 0) is 13.0 Å². The van der Waals surface area contributed by atoms with Crippen molar-refractivity contribution in [2.75, 3.05) is 13.2 Å². The van der Waals surface area contributed by atoms with Crippen molar-refractivity contribution >= 4 is 22.6 Å². The van der Waals surface area contributed by atoms with Crippen LogP contribution in [0.5, 0.6) is 17.2 Å². The second kappa shape index (κ2) is 9.82. The van der Waals surface area contributed by atoms with Gasteiger partial charge >= 0.3 is 0 Å². The van der Waals surface area contributed by atoms with E-state index < -0.39 is 0 Å². The highest BCUT2D eigenvalue weighted by atomic mass is 35.5. The minimum Gasteiger partial charge on any atom is -0.490 e. The maximum atomic E-state index is 13.5. The molecule has 0 atom stereocenters. The standard InChI is InChI=1S/C28H25ClO5/c1-2-6-19-13-21-26(15-25(19)33-16-20-7-3-4-8-23(20)29)34-17-22(28(21)30)18-9-10-24-27(14-18)32-12-5-11-31-24/h3-4,7-10,13-15,17H,2,5-6,11-12,16H2,1H3. The fraction of sp³-hybridized carbons (Fsp3) is 0.250. The largest absolute Gasteiger partial charge is 0.490 e. The molecule has 3 aromatic carbocycles. The predicted molar refractivity (Wildman–Crippen MR) is 133 cm³/mol. The first kappa shape index (κ1) is 22.4. The molecule has 0 saturated carbocycles. The molecule has 5 rings (SSSR count). The van der Waals surface area contributed by atoms with Gasteiger partial charge in [-0.25, -0.2) is 0 Å². The zero-order chi connectivity index (χ0) is 23.5. The van der Waals surface area contributed by atoms with Gasteiger partial charge in [0.1, 0.15) is 24.2 Å². The molecule has 2 heterocycles. The highest BCUT2D eigenvalue weighted by molar-refractivity contribution is 6.31. The van der Waals surface area contributed by atoms with Gasteiger partial charge in [0.2, 0.25) is 5.43 Å². The van der Waals surface area contributed by atoms with Crippen LogP contribution in [0, 0.1) is 0 Å². The van der Waals surface area contributed by atoms with E-state index in [2.05, 4.69) is 6.92 Å². The van der Waals surface area contributed by atoms with Crippen molar-refractivity contribution in [3.63, 3.8) is 0 Å². The van der Waals surface area contributed by atoms with Gasteiger partial charge in [0.05, 0.1) is 24.2 Å². The predicted octanol–water partition coefficient (Wildman–Crippen LogP) is 6.81. The summed E-state index contributed by atoms with van der Waals surface area (Å²) in [6.07, 6.45) is 4.02. The minimum atomic E-state index is -0.0919. The van der Waals surface area contributed by atoms with Gasteiger partial charge in [0.15, 0.2) is 11.5 Å². The molecule has 174 valence electrons. The van der Waals surface area contributed by atoms with E-state index in [1.165, 1.54) is 6.26 Å². The number of rotatable bonds is 6. The van der Waals surface area contributed by atoms with E-state index in [1.54, 1.807) is 6.07 Å². The van der Waals surface area contributed by atoms with Gasteiger partial charge in [-0.15, -0.1) is 0 Å². The smallest absolute Gasteiger partial charge is 0.200 e. The Balaban J connectivity index is 1.52. The molecule has 1 aliphatic heterocycles. The molecular formula is C28H25ClO5. The van der Waals surface area contributed by atoms with Crippen LogP contribution in [-0.4, -0.2) is 13.2 Å². The SMILES string of the molecule is CCCc1cc2c(=O)c(-c3ccc4c(c3)OCCCO4)coc2cc1OCc1ccccc1Cl. The van der Waals surface area contributed by atoms with Crippen LogP contribution >= 0.6 is 11.6 Å². The molecule has 1 aromatic heterocycles. The van der Waals surface area contributed by atoms with Crippen LogP contribution in [0.2, 0.25) is 5.02 Å². The molecule has 0 unspecified atom stereocenters. The molecule has 1 aliphatic rings. The van der Waals surface area contributed by atoms with Crippen LogP contribution < -0.4 is 19.6 Å². The average molecular weight is 477 g/mol. The van der Waals surface area contributed by atoms with Crippen molar-refractivity contribution < 1.29 is 18.6 Å². The van der Waals surface area contributed by atoms with E-state index >= 15 is 0 Å². The topological polar surface area (TPSA) is 57.9 Å². The molecule has 0 fully saturated rings. The first-order valence-corrected chi connectivity index (χ1v) is 11.9. The second-order valence-corrected chi connectivity index (χ2v) is 8.68. The number of benzene rings is 3. The van der Waals surface area contributed by atoms with Crippen LogP contribution in [0.15, 0.2) is 70.1 Å². The lowest BCUT2D eigenvalue weighted by Gasteiger charge is -2.14. The number of aryl methyl sites for hydroxylation is 1. The lowest BCUT2D eigenvalue weighted by atomic mass is 10.0. The third kappa shape index (κ3) is 4.48. The van der Waals surface area contributed by atoms with Crippen molar-refractivity contribution in [3.05, 3.63) is 87.2 Å². The van der Waals surface area contributed by atoms with E-state index in [0.717, 1.165) is 36.0 Å². The summed E-state index contributed by atoms with van der Waals surface area (Å²) < 4.78 is 23.5. The molecule has 0 spiro atoms. The van der Waals surface area contributed by atoms with E-state index in [1.807, 2.05) is 48.5 Å². The first-order valence-electron chi connectivity index (χ1n) is 11.5. The van der Waals surface area contributed by atoms with Crippen molar-refractivity contribution in [1.82, 2.24) is 0 Å². The molecule has 4 aromatic rings. The Morgan fingerprint density at radius 1 is 0.971 bits per heavy atom. The zero-order valence-corrected chi connectivity index (χ0v) is 19.7. The van der Waals surface area contributed by atoms with Crippen molar-refractivity contribution in [2.45, 2.75) is 32.8 Å². The Kier molecular flexibility index (Phi) is 6.45. The third-order valence-electron chi connectivity index (χ3n) is 5.87. The number of halogens is 1. The fourth-order valence-corrected chi connectivity index (χ4v) is 4.29. The third-order valence-corrected chi connectivity index (χ3v) is 6.24. The highest BCUT2D eigenvalue weighted by Crippen LogP contribution is 2.34. The molecule has 0 bridgehead atoms. The number of hydrogen-bond donors (Lipinski definition) is 0. The summed E-state index contributed by atoms with van der Waals surface area (Å²) in [7, 11) is 0. The summed E-state index contributed by atoms with van der Waals surface area (Å²) in [6.45, 7) is 3.63. The fourth-order valence-electron chi connectivity index (χ4n) is 4.10. The van der Waals surface area contributed by atoms with Gasteiger partial charge in [-0.2, -0.15) is 0 Å². The first-order chi connectivity index (χ1) is 16.6. The second-order valence-electron chi connectivity index (χ2n) is 8.28. The van der Waals surface area contributed by atoms with Crippen LogP contribution in [0.25, 0.3) is 22.1 Å². The van der Waals surface area contributed by atoms with E-state index in [-0.39, 0.29) is 5.43 Å². The summed E-state index contributed by atoms with van der Waals surface area (Å²) in [6, 6.07) is 16.8. The molecule has 0 saturated heterocycles. The summed E-state index contributed by atoms with van der Waals surface area (Å²) in [5.74, 6) is 2.03. The lowest BCUT2D eigenvalue weighted by Crippen LogP contribution is -2.07. The molecule has 34 heavy (non-hydrogen) atoms. The summed E-state index contributed by atoms with van der Waals surface area (Å²) in [5.41, 5.74) is 3.47. The Hall–Kier alpha value is -3.44. The molecule has 6 heteroatoms. The average Bonchev–Trinajstić information content (AvgIpc) is 3.09. The Bertz CT molecular complexity index is 1390. The summed E-state index contributed by atoms with van der Waals surface area (Å²) >= 11 is 6.28. The van der Waals surface area contributed by atoms with Crippen LogP contribution in [0.3, 0.4) is 0 Å². The Morgan fingerprint density at radius 2 is 1.79 bits per heavy atom. The maximum Gasteiger partial charge on any atom is 0.200 e. The Labute approximate surface area is 202 Å². The van der Waals surface area contributed by atoms with Crippen LogP contribution in [0.4, 0.5) is 0 Å². The molecule has 0 radical (unpaired) electrons. The van der Waals surface area contributed by atoms with Gasteiger partial charge in [-0.1, -0.05) is 49.2 Å². The molecule has 0 aliphatic carbocycles. The molecule has 0 N–H and O–H groups in total. The number of fused-ring (bicyclic) bond motifs is 2. The van der Waals surface area contributed by atoms with E-state index in [9.17, 15) is 4.79 Å². The highest BCUT2D eigenvalue weighted by Gasteiger charge is 2.17. The van der Waals surface area contributed by atoms with Gasteiger partial charge in [0.25, 0.3) is 0 Å². The van der Waals surface area contributed by atoms with E-state index in [4.69, 9.17) is 30.2 Å². The number of ether oxygens (including phenoxy) is 3. The molecular weight excluding hydrogens is 452 g/mol. The van der Waals surface area contributed by atoms with Crippen molar-refractivity contribution in [3.8, 4) is 28.4 Å². The maximum absolute atomic E-state index is 13.5. The molecule has 0 amide bonds. The van der Waals surface area contributed by atoms with Gasteiger partial charge in [0, 0.05) is 23.1 Å². The Morgan fingerprint density at radius 3 is 2.62 bits per heavy atom. The van der Waals surface area contributed by atoms with E-state index in [0.29, 0.717) is 58.6 Å². The quantitative estimate of drug-likeness (QED) is 0.306. The zero-order valence-electron chi connectivity index (χ0n) is 18.9. The normalized spacial score (nSPS) is 13.0. The van der Waals surface area contributed by atoms with Gasteiger partial charge < -0.3 is 18.6 Å². The van der Waals surface area contributed by atoms with Gasteiger partial charge in [-0.3, -0.25) is 4.79 Å². The minimum absolute atomic E-state index is 0.0919. The molecule has 5 nitrogen and oxygen atoms in total. The summed E-state index contributed by atoms with van der Waals surface area (Å²) in [5, 5.41) is 1.18. The van der Waals surface area contributed by atoms with Crippen molar-refractivity contribution in [2.24, 2.45) is 0 Å². The van der Waals surface area contributed by atoms with Crippen molar-refractivity contribution in [1.29, 1.82) is 0 Å². The monoisotopic (exact) mass is 476 g/mol.